The molecule has 0 spiro atoms. The van der Waals surface area contributed by atoms with Crippen molar-refractivity contribution < 1.29 is 0 Å². The van der Waals surface area contributed by atoms with Crippen molar-refractivity contribution in [1.29, 1.82) is 0 Å². The van der Waals surface area contributed by atoms with Crippen molar-refractivity contribution in [1.82, 2.24) is 5.32 Å². The molecule has 2 aliphatic rings. The zero-order valence-corrected chi connectivity index (χ0v) is 8.40. The molecule has 70 valence electrons. The smallest absolute Gasteiger partial charge is 0.0127 e. The van der Waals surface area contributed by atoms with Crippen LogP contribution in [-0.4, -0.2) is 11.6 Å². The van der Waals surface area contributed by atoms with Gasteiger partial charge in [-0.15, -0.1) is 0 Å². The van der Waals surface area contributed by atoms with Gasteiger partial charge in [-0.1, -0.05) is 12.8 Å². The second kappa shape index (κ2) is 3.02. The van der Waals surface area contributed by atoms with E-state index >= 15 is 0 Å². The Morgan fingerprint density at radius 3 is 2.67 bits per heavy atom. The Morgan fingerprint density at radius 1 is 1.08 bits per heavy atom. The van der Waals surface area contributed by atoms with E-state index < -0.39 is 0 Å². The molecule has 2 fully saturated rings. The van der Waals surface area contributed by atoms with E-state index in [9.17, 15) is 0 Å². The van der Waals surface area contributed by atoms with Crippen molar-refractivity contribution >= 4 is 0 Å². The van der Waals surface area contributed by atoms with E-state index in [-0.39, 0.29) is 0 Å². The molecule has 1 heterocycles. The average Bonchev–Trinajstić information content (AvgIpc) is 2.02. The maximum Gasteiger partial charge on any atom is 0.0127 e. The second-order valence-corrected chi connectivity index (χ2v) is 5.22. The molecule has 12 heavy (non-hydrogen) atoms. The van der Waals surface area contributed by atoms with Gasteiger partial charge in [0.1, 0.15) is 0 Å². The van der Waals surface area contributed by atoms with Crippen LogP contribution in [0.3, 0.4) is 0 Å². The van der Waals surface area contributed by atoms with Crippen LogP contribution in [0.5, 0.6) is 0 Å². The van der Waals surface area contributed by atoms with Gasteiger partial charge < -0.3 is 5.32 Å². The highest BCUT2D eigenvalue weighted by atomic mass is 15.0. The van der Waals surface area contributed by atoms with E-state index in [1.54, 1.807) is 0 Å². The summed E-state index contributed by atoms with van der Waals surface area (Å²) in [4.78, 5) is 0. The van der Waals surface area contributed by atoms with E-state index in [0.717, 1.165) is 12.0 Å². The van der Waals surface area contributed by atoms with Crippen LogP contribution < -0.4 is 5.32 Å². The third-order valence-electron chi connectivity index (χ3n) is 3.63. The van der Waals surface area contributed by atoms with Gasteiger partial charge in [0.2, 0.25) is 0 Å². The lowest BCUT2D eigenvalue weighted by Gasteiger charge is -2.44. The normalized spacial score (nSPS) is 40.5. The quantitative estimate of drug-likeness (QED) is 0.585. The topological polar surface area (TPSA) is 12.0 Å². The summed E-state index contributed by atoms with van der Waals surface area (Å²) >= 11 is 0. The van der Waals surface area contributed by atoms with Gasteiger partial charge in [0.15, 0.2) is 0 Å². The molecule has 0 aromatic carbocycles. The zero-order chi connectivity index (χ0) is 8.60. The first-order valence-corrected chi connectivity index (χ1v) is 5.45. The molecule has 1 heteroatoms. The van der Waals surface area contributed by atoms with Crippen LogP contribution in [0.4, 0.5) is 0 Å². The van der Waals surface area contributed by atoms with Crippen LogP contribution in [0.1, 0.15) is 52.4 Å². The molecule has 1 saturated heterocycles. The summed E-state index contributed by atoms with van der Waals surface area (Å²) in [7, 11) is 0. The highest BCUT2D eigenvalue weighted by Gasteiger charge is 2.34. The molecule has 1 saturated carbocycles. The Bertz CT molecular complexity index is 162. The van der Waals surface area contributed by atoms with Crippen molar-refractivity contribution in [3.63, 3.8) is 0 Å². The van der Waals surface area contributed by atoms with Gasteiger partial charge in [0.05, 0.1) is 0 Å². The molecule has 2 atom stereocenters. The number of nitrogens with one attached hydrogen (secondary N) is 1. The summed E-state index contributed by atoms with van der Waals surface area (Å²) in [5.74, 6) is 1.01. The summed E-state index contributed by atoms with van der Waals surface area (Å²) in [6.45, 7) is 4.69. The Morgan fingerprint density at radius 2 is 1.83 bits per heavy atom. The second-order valence-electron chi connectivity index (χ2n) is 5.22. The lowest BCUT2D eigenvalue weighted by atomic mass is 9.75. The molecule has 0 bridgehead atoms. The van der Waals surface area contributed by atoms with Gasteiger partial charge in [0, 0.05) is 11.6 Å². The molecule has 2 rings (SSSR count). The molecular weight excluding hydrogens is 146 g/mol. The van der Waals surface area contributed by atoms with Crippen LogP contribution in [0.15, 0.2) is 0 Å². The Hall–Kier alpha value is -0.0400. The summed E-state index contributed by atoms with van der Waals surface area (Å²) in [5, 5.41) is 3.79. The number of fused-ring (bicyclic) bond motifs is 1. The minimum Gasteiger partial charge on any atom is -0.309 e. The fraction of sp³-hybridized carbons (Fsp3) is 1.00. The lowest BCUT2D eigenvalue weighted by molar-refractivity contribution is 0.136. The highest BCUT2D eigenvalue weighted by Crippen LogP contribution is 2.35. The number of hydrogen-bond acceptors (Lipinski definition) is 1. The predicted octanol–water partition coefficient (Wildman–Crippen LogP) is 2.71. The first-order chi connectivity index (χ1) is 5.67. The molecule has 0 amide bonds. The fourth-order valence-electron chi connectivity index (χ4n) is 2.86. The van der Waals surface area contributed by atoms with E-state index in [2.05, 4.69) is 19.2 Å². The average molecular weight is 167 g/mol. The Labute approximate surface area is 75.9 Å². The Balaban J connectivity index is 1.99. The highest BCUT2D eigenvalue weighted by molar-refractivity contribution is 4.93. The van der Waals surface area contributed by atoms with Crippen LogP contribution in [0.2, 0.25) is 0 Å². The molecule has 0 unspecified atom stereocenters. The van der Waals surface area contributed by atoms with E-state index in [0.29, 0.717) is 5.54 Å². The van der Waals surface area contributed by atoms with Gasteiger partial charge in [0.25, 0.3) is 0 Å². The van der Waals surface area contributed by atoms with Crippen LogP contribution in [0, 0.1) is 5.92 Å². The standard InChI is InChI=1S/C11H21N/c1-11(2)8-7-9-5-3-4-6-10(9)12-11/h9-10,12H,3-8H2,1-2H3/t9-,10+/m1/s1. The first kappa shape index (κ1) is 8.55. The van der Waals surface area contributed by atoms with Gasteiger partial charge >= 0.3 is 0 Å². The van der Waals surface area contributed by atoms with Crippen LogP contribution in [0.25, 0.3) is 0 Å². The summed E-state index contributed by atoms with van der Waals surface area (Å²) in [6.07, 6.45) is 8.66. The SMILES string of the molecule is CC1(C)CC[C@H]2CCCC[C@@H]2N1. The predicted molar refractivity (Wildman–Crippen MR) is 52.2 cm³/mol. The van der Waals surface area contributed by atoms with Crippen molar-refractivity contribution in [2.24, 2.45) is 5.92 Å². The molecule has 1 aliphatic carbocycles. The van der Waals surface area contributed by atoms with Gasteiger partial charge in [-0.05, 0) is 45.4 Å². The lowest BCUT2D eigenvalue weighted by Crippen LogP contribution is -2.54. The minimum atomic E-state index is 0.415. The van der Waals surface area contributed by atoms with E-state index in [1.165, 1.54) is 38.5 Å². The van der Waals surface area contributed by atoms with Gasteiger partial charge in [-0.3, -0.25) is 0 Å². The molecular formula is C11H21N. The maximum atomic E-state index is 3.79. The van der Waals surface area contributed by atoms with Gasteiger partial charge in [-0.2, -0.15) is 0 Å². The Kier molecular flexibility index (Phi) is 2.16. The van der Waals surface area contributed by atoms with Crippen molar-refractivity contribution in [2.75, 3.05) is 0 Å². The summed E-state index contributed by atoms with van der Waals surface area (Å²) in [5.41, 5.74) is 0.415. The number of hydrogen-bond donors (Lipinski definition) is 1. The molecule has 0 aromatic heterocycles. The number of piperidine rings is 1. The van der Waals surface area contributed by atoms with Crippen LogP contribution in [-0.2, 0) is 0 Å². The van der Waals surface area contributed by atoms with Crippen molar-refractivity contribution in [2.45, 2.75) is 64.0 Å². The van der Waals surface area contributed by atoms with Crippen molar-refractivity contribution in [3.8, 4) is 0 Å². The van der Waals surface area contributed by atoms with Crippen molar-refractivity contribution in [3.05, 3.63) is 0 Å². The van der Waals surface area contributed by atoms with E-state index in [4.69, 9.17) is 0 Å². The van der Waals surface area contributed by atoms with Crippen LogP contribution >= 0.6 is 0 Å². The summed E-state index contributed by atoms with van der Waals surface area (Å²) < 4.78 is 0. The molecule has 1 N–H and O–H groups in total. The number of rotatable bonds is 0. The fourth-order valence-corrected chi connectivity index (χ4v) is 2.86. The molecule has 1 nitrogen and oxygen atoms in total. The molecule has 1 aliphatic heterocycles. The maximum absolute atomic E-state index is 3.79. The summed E-state index contributed by atoms with van der Waals surface area (Å²) in [6, 6.07) is 0.850. The van der Waals surface area contributed by atoms with E-state index in [1.807, 2.05) is 0 Å². The monoisotopic (exact) mass is 167 g/mol. The first-order valence-electron chi connectivity index (χ1n) is 5.45. The zero-order valence-electron chi connectivity index (χ0n) is 8.40. The largest absolute Gasteiger partial charge is 0.309 e. The molecule has 0 radical (unpaired) electrons. The minimum absolute atomic E-state index is 0.415. The molecule has 0 aromatic rings. The third-order valence-corrected chi connectivity index (χ3v) is 3.63. The third kappa shape index (κ3) is 1.66. The van der Waals surface area contributed by atoms with Gasteiger partial charge in [-0.25, -0.2) is 0 Å².